The van der Waals surface area contributed by atoms with Crippen LogP contribution in [0, 0.1) is 0 Å². The molecule has 1 aliphatic carbocycles. The van der Waals surface area contributed by atoms with Crippen LogP contribution < -0.4 is 0 Å². The smallest absolute Gasteiger partial charge is 0.310 e. The summed E-state index contributed by atoms with van der Waals surface area (Å²) in [5.41, 5.74) is 3.98. The summed E-state index contributed by atoms with van der Waals surface area (Å²) < 4.78 is 7.34. The maximum absolute atomic E-state index is 12.9. The average Bonchev–Trinajstić information content (AvgIpc) is 2.93. The van der Waals surface area contributed by atoms with Crippen LogP contribution in [-0.4, -0.2) is 41.2 Å². The van der Waals surface area contributed by atoms with Crippen LogP contribution >= 0.6 is 0 Å². The first kappa shape index (κ1) is 20.7. The number of carbonyl (C=O) groups excluding carboxylic acids is 1. The van der Waals surface area contributed by atoms with Crippen molar-refractivity contribution in [2.45, 2.75) is 103 Å². The van der Waals surface area contributed by atoms with Gasteiger partial charge >= 0.3 is 5.97 Å². The zero-order chi connectivity index (χ0) is 20.4. The van der Waals surface area contributed by atoms with Crippen LogP contribution in [0.4, 0.5) is 0 Å². The van der Waals surface area contributed by atoms with Crippen LogP contribution in [0.5, 0.6) is 0 Å². The second kappa shape index (κ2) is 8.63. The van der Waals surface area contributed by atoms with Gasteiger partial charge in [0.25, 0.3) is 0 Å². The summed E-state index contributed by atoms with van der Waals surface area (Å²) in [5, 5.41) is 0. The fourth-order valence-electron chi connectivity index (χ4n) is 6.87. The van der Waals surface area contributed by atoms with Gasteiger partial charge in [0.1, 0.15) is 6.10 Å². The molecule has 3 aliphatic rings. The number of hydrogen-bond donors (Lipinski definition) is 0. The minimum Gasteiger partial charge on any atom is -0.462 e. The van der Waals surface area contributed by atoms with Crippen molar-refractivity contribution in [1.82, 2.24) is 0 Å². The van der Waals surface area contributed by atoms with Gasteiger partial charge in [-0.1, -0.05) is 35.9 Å². The first-order valence-electron chi connectivity index (χ1n) is 11.9. The van der Waals surface area contributed by atoms with Gasteiger partial charge in [-0.05, 0) is 57.6 Å². The molecule has 29 heavy (non-hydrogen) atoms. The predicted molar refractivity (Wildman–Crippen MR) is 118 cm³/mol. The lowest BCUT2D eigenvalue weighted by Gasteiger charge is -2.52. The van der Waals surface area contributed by atoms with E-state index in [4.69, 9.17) is 4.74 Å². The number of quaternary nitrogens is 1. The highest BCUT2D eigenvalue weighted by Crippen LogP contribution is 2.45. The minimum absolute atomic E-state index is 0.000719. The van der Waals surface area contributed by atoms with Crippen molar-refractivity contribution in [1.29, 1.82) is 0 Å². The predicted octanol–water partition coefficient (Wildman–Crippen LogP) is 5.89. The summed E-state index contributed by atoms with van der Waals surface area (Å²) >= 11 is 0. The average molecular weight is 397 g/mol. The molecule has 0 saturated carbocycles. The Morgan fingerprint density at radius 1 is 1.07 bits per heavy atom. The molecule has 4 atom stereocenters. The number of hydrogen-bond acceptors (Lipinski definition) is 2. The normalized spacial score (nSPS) is 31.9. The number of nitrogens with zero attached hydrogens (tertiary/aromatic N) is 1. The Balaban J connectivity index is 1.42. The van der Waals surface area contributed by atoms with Crippen molar-refractivity contribution in [3.8, 4) is 0 Å². The Morgan fingerprint density at radius 3 is 2.34 bits per heavy atom. The van der Waals surface area contributed by atoms with E-state index in [1.165, 1.54) is 53.4 Å². The molecule has 2 saturated heterocycles. The molecule has 0 amide bonds. The molecule has 0 spiro atoms. The van der Waals surface area contributed by atoms with E-state index in [1.807, 2.05) is 0 Å². The van der Waals surface area contributed by atoms with Crippen molar-refractivity contribution in [2.75, 3.05) is 6.54 Å². The van der Waals surface area contributed by atoms with E-state index in [0.29, 0.717) is 24.5 Å². The number of piperidine rings is 1. The minimum atomic E-state index is 0.000719. The van der Waals surface area contributed by atoms with Gasteiger partial charge in [-0.25, -0.2) is 0 Å². The van der Waals surface area contributed by atoms with Crippen LogP contribution in [0.1, 0.15) is 84.1 Å². The molecular formula is C26H38NO2+. The maximum Gasteiger partial charge on any atom is 0.310 e. The second-order valence-electron chi connectivity index (χ2n) is 9.71. The zero-order valence-corrected chi connectivity index (χ0v) is 18.5. The number of carbonyl (C=O) groups is 1. The molecule has 2 bridgehead atoms. The van der Waals surface area contributed by atoms with E-state index in [1.54, 1.807) is 0 Å². The topological polar surface area (TPSA) is 26.3 Å². The van der Waals surface area contributed by atoms with Crippen molar-refractivity contribution in [3.63, 3.8) is 0 Å². The summed E-state index contributed by atoms with van der Waals surface area (Å²) in [6.07, 6.45) is 9.86. The largest absolute Gasteiger partial charge is 0.462 e. The highest BCUT2D eigenvalue weighted by atomic mass is 16.5. The summed E-state index contributed by atoms with van der Waals surface area (Å²) in [7, 11) is 0. The van der Waals surface area contributed by atoms with Gasteiger partial charge in [0.2, 0.25) is 0 Å². The number of rotatable bonds is 6. The first-order valence-corrected chi connectivity index (χ1v) is 11.9. The second-order valence-corrected chi connectivity index (χ2v) is 9.71. The van der Waals surface area contributed by atoms with Crippen molar-refractivity contribution in [2.24, 2.45) is 0 Å². The van der Waals surface area contributed by atoms with Crippen LogP contribution in [0.15, 0.2) is 35.9 Å². The third kappa shape index (κ3) is 3.91. The lowest BCUT2D eigenvalue weighted by molar-refractivity contribution is -0.983. The fourth-order valence-corrected chi connectivity index (χ4v) is 6.87. The Bertz CT molecular complexity index is 737. The van der Waals surface area contributed by atoms with Crippen LogP contribution in [0.2, 0.25) is 0 Å². The van der Waals surface area contributed by atoms with Gasteiger partial charge in [-0.3, -0.25) is 4.79 Å². The van der Waals surface area contributed by atoms with Gasteiger partial charge < -0.3 is 9.22 Å². The van der Waals surface area contributed by atoms with Gasteiger partial charge in [-0.2, -0.15) is 0 Å². The number of benzene rings is 1. The highest BCUT2D eigenvalue weighted by Gasteiger charge is 2.55. The summed E-state index contributed by atoms with van der Waals surface area (Å²) in [6.45, 7) is 8.31. The van der Waals surface area contributed by atoms with Gasteiger partial charge in [-0.15, -0.1) is 0 Å². The molecule has 2 heterocycles. The third-order valence-corrected chi connectivity index (χ3v) is 8.13. The molecule has 2 fully saturated rings. The summed E-state index contributed by atoms with van der Waals surface area (Å²) in [4.78, 5) is 12.9. The number of fused-ring (bicyclic) bond motifs is 2. The maximum atomic E-state index is 12.9. The van der Waals surface area contributed by atoms with E-state index in [9.17, 15) is 4.79 Å². The molecule has 0 aromatic heterocycles. The molecule has 1 aromatic carbocycles. The number of esters is 1. The van der Waals surface area contributed by atoms with Crippen LogP contribution in [0.3, 0.4) is 0 Å². The Kier molecular flexibility index (Phi) is 6.15. The first-order chi connectivity index (χ1) is 14.0. The van der Waals surface area contributed by atoms with Crippen molar-refractivity contribution in [3.05, 3.63) is 41.5 Å². The molecule has 3 heteroatoms. The summed E-state index contributed by atoms with van der Waals surface area (Å²) in [6, 6.07) is 12.6. The zero-order valence-electron chi connectivity index (χ0n) is 18.5. The van der Waals surface area contributed by atoms with Gasteiger partial charge in [0.15, 0.2) is 0 Å². The molecule has 0 radical (unpaired) electrons. The molecule has 2 unspecified atom stereocenters. The van der Waals surface area contributed by atoms with E-state index in [2.05, 4.69) is 51.1 Å². The van der Waals surface area contributed by atoms with E-state index >= 15 is 0 Å². The Hall–Kier alpha value is -1.61. The van der Waals surface area contributed by atoms with Crippen molar-refractivity contribution >= 4 is 11.5 Å². The SMILES string of the molecule is CC[N+]1(C(C)C)[C@@H]2CC[C@H]1CC(OC(=O)CC1=C(c3ccccc3)CCCC1)C2. The standard InChI is InChI=1S/C26H38NO2/c1-4-27(19(2)3)22-14-15-23(27)18-24(17-22)29-26(28)16-21-12-8-9-13-25(21)20-10-6-5-7-11-20/h5-7,10-11,19,22-24H,4,8-9,12-18H2,1-3H3/q+1/t22-,23+,24?,27?. The molecule has 3 nitrogen and oxygen atoms in total. The summed E-state index contributed by atoms with van der Waals surface area (Å²) in [5.74, 6) is 0.000719. The molecule has 0 N–H and O–H groups in total. The Labute approximate surface area is 176 Å². The van der Waals surface area contributed by atoms with Crippen molar-refractivity contribution < 1.29 is 14.0 Å². The molecule has 4 rings (SSSR count). The highest BCUT2D eigenvalue weighted by molar-refractivity contribution is 5.79. The number of ether oxygens (including phenoxy) is 1. The van der Waals surface area contributed by atoms with Crippen LogP contribution in [0.25, 0.3) is 5.57 Å². The monoisotopic (exact) mass is 396 g/mol. The van der Waals surface area contributed by atoms with Gasteiger partial charge in [0, 0.05) is 25.7 Å². The van der Waals surface area contributed by atoms with Crippen LogP contribution in [-0.2, 0) is 9.53 Å². The lowest BCUT2D eigenvalue weighted by Crippen LogP contribution is -2.64. The third-order valence-electron chi connectivity index (χ3n) is 8.13. The Morgan fingerprint density at radius 2 is 1.72 bits per heavy atom. The number of allylic oxidation sites excluding steroid dienone is 1. The van der Waals surface area contributed by atoms with E-state index < -0.39 is 0 Å². The molecule has 158 valence electrons. The van der Waals surface area contributed by atoms with E-state index in [-0.39, 0.29) is 12.1 Å². The van der Waals surface area contributed by atoms with E-state index in [0.717, 1.165) is 25.7 Å². The molecule has 2 aliphatic heterocycles. The quantitative estimate of drug-likeness (QED) is 0.443. The molecule has 1 aromatic rings. The lowest BCUT2D eigenvalue weighted by atomic mass is 9.86. The fraction of sp³-hybridized carbons (Fsp3) is 0.654. The van der Waals surface area contributed by atoms with Gasteiger partial charge in [0.05, 0.1) is 31.1 Å². The molecular weight excluding hydrogens is 358 g/mol.